The number of carbonyl (C=O) groups excluding carboxylic acids is 1. The van der Waals surface area contributed by atoms with Crippen LogP contribution in [0, 0.1) is 13.8 Å². The van der Waals surface area contributed by atoms with Gasteiger partial charge in [0.1, 0.15) is 11.3 Å². The zero-order chi connectivity index (χ0) is 24.0. The Morgan fingerprint density at radius 1 is 1.00 bits per heavy atom. The van der Waals surface area contributed by atoms with Crippen LogP contribution in [0.5, 0.6) is 5.75 Å². The van der Waals surface area contributed by atoms with Crippen molar-refractivity contribution in [2.75, 3.05) is 13.7 Å². The molecular weight excluding hydrogens is 450 g/mol. The van der Waals surface area contributed by atoms with Crippen molar-refractivity contribution in [1.82, 2.24) is 4.90 Å². The quantitative estimate of drug-likeness (QED) is 0.364. The average Bonchev–Trinajstić information content (AvgIpc) is 3.11. The number of methoxy groups -OCH3 is 1. The van der Waals surface area contributed by atoms with Gasteiger partial charge in [0.15, 0.2) is 5.43 Å². The normalized spacial score (nSPS) is 15.1. The van der Waals surface area contributed by atoms with Gasteiger partial charge in [0.05, 0.1) is 24.1 Å². The minimum atomic E-state index is -0.542. The molecule has 0 fully saturated rings. The molecule has 34 heavy (non-hydrogen) atoms. The summed E-state index contributed by atoms with van der Waals surface area (Å²) in [6, 6.07) is 18.3. The molecule has 2 heterocycles. The third kappa shape index (κ3) is 3.76. The SMILES string of the molecule is COc1ccc(CCN2C(=O)c3oc4c(C)cc(C)cc4c(=O)c3[C@H]2c2ccc(Cl)cc2)cc1. The van der Waals surface area contributed by atoms with E-state index in [1.165, 1.54) is 0 Å². The van der Waals surface area contributed by atoms with Gasteiger partial charge in [0.2, 0.25) is 5.76 Å². The van der Waals surface area contributed by atoms with Gasteiger partial charge < -0.3 is 14.1 Å². The number of aryl methyl sites for hydroxylation is 2. The molecular formula is C28H24ClNO4. The minimum absolute atomic E-state index is 0.124. The lowest BCUT2D eigenvalue weighted by Gasteiger charge is -2.25. The topological polar surface area (TPSA) is 59.8 Å². The zero-order valence-electron chi connectivity index (χ0n) is 19.2. The number of hydrogen-bond acceptors (Lipinski definition) is 4. The lowest BCUT2D eigenvalue weighted by atomic mass is 9.97. The summed E-state index contributed by atoms with van der Waals surface area (Å²) in [5, 5.41) is 1.09. The third-order valence-corrected chi connectivity index (χ3v) is 6.64. The number of benzene rings is 3. The van der Waals surface area contributed by atoms with Gasteiger partial charge in [-0.05, 0) is 72.9 Å². The molecule has 1 aliphatic rings. The van der Waals surface area contributed by atoms with Crippen LogP contribution in [0.2, 0.25) is 5.02 Å². The number of rotatable bonds is 5. The number of ether oxygens (including phenoxy) is 1. The summed E-state index contributed by atoms with van der Waals surface area (Å²) in [4.78, 5) is 29.0. The van der Waals surface area contributed by atoms with Crippen molar-refractivity contribution in [3.63, 3.8) is 0 Å². The van der Waals surface area contributed by atoms with Gasteiger partial charge in [-0.1, -0.05) is 41.9 Å². The molecule has 0 radical (unpaired) electrons. The highest BCUT2D eigenvalue weighted by Gasteiger charge is 2.42. The van der Waals surface area contributed by atoms with Crippen LogP contribution < -0.4 is 10.2 Å². The third-order valence-electron chi connectivity index (χ3n) is 6.38. The molecule has 0 N–H and O–H groups in total. The van der Waals surface area contributed by atoms with Gasteiger partial charge >= 0.3 is 0 Å². The first-order valence-corrected chi connectivity index (χ1v) is 11.5. The summed E-state index contributed by atoms with van der Waals surface area (Å²) in [5.74, 6) is 0.626. The highest BCUT2D eigenvalue weighted by molar-refractivity contribution is 6.30. The monoisotopic (exact) mass is 473 g/mol. The molecule has 1 aromatic heterocycles. The van der Waals surface area contributed by atoms with E-state index in [1.807, 2.05) is 62.4 Å². The Balaban J connectivity index is 1.62. The first-order valence-electron chi connectivity index (χ1n) is 11.1. The Morgan fingerprint density at radius 3 is 2.38 bits per heavy atom. The molecule has 5 rings (SSSR count). The Kier molecular flexibility index (Phi) is 5.66. The standard InChI is InChI=1S/C28H24ClNO4/c1-16-14-17(2)26-22(15-16)25(31)23-24(19-6-8-20(29)9-7-19)30(28(32)27(23)34-26)13-12-18-4-10-21(33-3)11-5-18/h4-11,14-15,24H,12-13H2,1-3H3/t24-/m1/s1. The van der Waals surface area contributed by atoms with Crippen LogP contribution in [0.4, 0.5) is 0 Å². The lowest BCUT2D eigenvalue weighted by Crippen LogP contribution is -2.31. The Labute approximate surface area is 202 Å². The first kappa shape index (κ1) is 22.2. The van der Waals surface area contributed by atoms with Crippen LogP contribution in [0.15, 0.2) is 69.9 Å². The van der Waals surface area contributed by atoms with Gasteiger partial charge in [-0.3, -0.25) is 9.59 Å². The van der Waals surface area contributed by atoms with Crippen molar-refractivity contribution >= 4 is 28.5 Å². The summed E-state index contributed by atoms with van der Waals surface area (Å²) in [6.07, 6.45) is 0.625. The molecule has 1 atom stereocenters. The fraction of sp³-hybridized carbons (Fsp3) is 0.214. The van der Waals surface area contributed by atoms with Crippen LogP contribution in [0.3, 0.4) is 0 Å². The van der Waals surface area contributed by atoms with E-state index in [4.69, 9.17) is 20.8 Å². The summed E-state index contributed by atoms with van der Waals surface area (Å²) >= 11 is 6.12. The van der Waals surface area contributed by atoms with Crippen molar-refractivity contribution < 1.29 is 13.9 Å². The van der Waals surface area contributed by atoms with E-state index in [2.05, 4.69) is 0 Å². The predicted octanol–water partition coefficient (Wildman–Crippen LogP) is 5.86. The smallest absolute Gasteiger partial charge is 0.290 e. The molecule has 4 aromatic rings. The van der Waals surface area contributed by atoms with E-state index in [1.54, 1.807) is 24.1 Å². The van der Waals surface area contributed by atoms with Gasteiger partial charge in [-0.2, -0.15) is 0 Å². The second kappa shape index (κ2) is 8.65. The maximum atomic E-state index is 13.7. The maximum Gasteiger partial charge on any atom is 0.290 e. The van der Waals surface area contributed by atoms with Crippen LogP contribution in [0.25, 0.3) is 11.0 Å². The summed E-state index contributed by atoms with van der Waals surface area (Å²) in [7, 11) is 1.63. The van der Waals surface area contributed by atoms with Gasteiger partial charge in [0, 0.05) is 11.6 Å². The number of halogens is 1. The summed E-state index contributed by atoms with van der Waals surface area (Å²) in [5.41, 5.74) is 4.39. The fourth-order valence-electron chi connectivity index (χ4n) is 4.74. The molecule has 5 nitrogen and oxygen atoms in total. The fourth-order valence-corrected chi connectivity index (χ4v) is 4.86. The van der Waals surface area contributed by atoms with Crippen molar-refractivity contribution in [3.05, 3.63) is 109 Å². The largest absolute Gasteiger partial charge is 0.497 e. The predicted molar refractivity (Wildman–Crippen MR) is 133 cm³/mol. The number of hydrogen-bond donors (Lipinski definition) is 0. The second-order valence-corrected chi connectivity index (χ2v) is 9.12. The Hall–Kier alpha value is -3.57. The Morgan fingerprint density at radius 2 is 1.71 bits per heavy atom. The van der Waals surface area contributed by atoms with E-state index in [-0.39, 0.29) is 17.1 Å². The highest BCUT2D eigenvalue weighted by Crippen LogP contribution is 2.39. The van der Waals surface area contributed by atoms with Gasteiger partial charge in [-0.15, -0.1) is 0 Å². The molecule has 0 unspecified atom stereocenters. The number of amides is 1. The highest BCUT2D eigenvalue weighted by atomic mass is 35.5. The number of carbonyl (C=O) groups is 1. The minimum Gasteiger partial charge on any atom is -0.497 e. The van der Waals surface area contributed by atoms with E-state index in [9.17, 15) is 9.59 Å². The second-order valence-electron chi connectivity index (χ2n) is 8.68. The van der Waals surface area contributed by atoms with E-state index < -0.39 is 6.04 Å². The Bertz CT molecular complexity index is 1460. The molecule has 0 saturated carbocycles. The first-order chi connectivity index (χ1) is 16.4. The molecule has 6 heteroatoms. The summed E-state index contributed by atoms with van der Waals surface area (Å²) < 4.78 is 11.4. The van der Waals surface area contributed by atoms with Gasteiger partial charge in [0.25, 0.3) is 5.91 Å². The van der Waals surface area contributed by atoms with Gasteiger partial charge in [-0.25, -0.2) is 0 Å². The van der Waals surface area contributed by atoms with Crippen molar-refractivity contribution in [2.45, 2.75) is 26.3 Å². The average molecular weight is 474 g/mol. The number of fused-ring (bicyclic) bond motifs is 2. The molecule has 1 aliphatic heterocycles. The molecule has 172 valence electrons. The van der Waals surface area contributed by atoms with Crippen LogP contribution >= 0.6 is 11.6 Å². The molecule has 0 bridgehead atoms. The van der Waals surface area contributed by atoms with Crippen LogP contribution in [-0.2, 0) is 6.42 Å². The summed E-state index contributed by atoms with van der Waals surface area (Å²) in [6.45, 7) is 4.26. The van der Waals surface area contributed by atoms with E-state index in [0.29, 0.717) is 34.5 Å². The molecule has 0 saturated heterocycles. The molecule has 3 aromatic carbocycles. The van der Waals surface area contributed by atoms with E-state index in [0.717, 1.165) is 28.0 Å². The maximum absolute atomic E-state index is 13.7. The lowest BCUT2D eigenvalue weighted by molar-refractivity contribution is 0.0730. The van der Waals surface area contributed by atoms with Crippen molar-refractivity contribution in [2.24, 2.45) is 0 Å². The molecule has 1 amide bonds. The molecule has 0 spiro atoms. The molecule has 0 aliphatic carbocycles. The van der Waals surface area contributed by atoms with Crippen LogP contribution in [-0.4, -0.2) is 24.5 Å². The van der Waals surface area contributed by atoms with Crippen molar-refractivity contribution in [3.8, 4) is 5.75 Å². The van der Waals surface area contributed by atoms with Crippen molar-refractivity contribution in [1.29, 1.82) is 0 Å². The van der Waals surface area contributed by atoms with Crippen LogP contribution in [0.1, 0.15) is 44.4 Å². The number of nitrogens with zero attached hydrogens (tertiary/aromatic N) is 1. The zero-order valence-corrected chi connectivity index (χ0v) is 20.0. The van der Waals surface area contributed by atoms with E-state index >= 15 is 0 Å².